The zero-order valence-electron chi connectivity index (χ0n) is 26.1. The molecule has 11 nitrogen and oxygen atoms in total. The summed E-state index contributed by atoms with van der Waals surface area (Å²) in [5, 5.41) is 19.0. The van der Waals surface area contributed by atoms with Crippen molar-refractivity contribution in [2.24, 2.45) is 0 Å². The fourth-order valence-electron chi connectivity index (χ4n) is 5.58. The molecule has 0 aliphatic carbocycles. The standard InChI is InChI=1S/C35H36N6O5/c1-21(42)37-24-14-12-23(13-15-24)30-27(20-36)26-19-25(16-17-28(26)39-30)38-32(43)29-11-8-18-41(29)33(44)31(22-9-6-5-7-10-22)40-34(45)46-35(2,3)4/h5-7,9-10,12-17,19,29,31,39H,8,11,18H2,1-4H3,(H,37,42)(H,38,43)(H,40,45)/t29-,31+/m0/s1. The number of amides is 4. The van der Waals surface area contributed by atoms with E-state index >= 15 is 0 Å². The monoisotopic (exact) mass is 620 g/mol. The number of hydrogen-bond acceptors (Lipinski definition) is 6. The molecule has 4 amide bonds. The van der Waals surface area contributed by atoms with Gasteiger partial charge in [-0.25, -0.2) is 4.79 Å². The molecular weight excluding hydrogens is 584 g/mol. The molecule has 1 aliphatic rings. The summed E-state index contributed by atoms with van der Waals surface area (Å²) in [6, 6.07) is 21.7. The summed E-state index contributed by atoms with van der Waals surface area (Å²) >= 11 is 0. The molecule has 0 radical (unpaired) electrons. The van der Waals surface area contributed by atoms with Crippen LogP contribution < -0.4 is 16.0 Å². The number of benzene rings is 3. The Bertz CT molecular complexity index is 1820. The molecule has 0 saturated carbocycles. The van der Waals surface area contributed by atoms with E-state index in [0.29, 0.717) is 58.5 Å². The minimum absolute atomic E-state index is 0.177. The maximum Gasteiger partial charge on any atom is 0.408 e. The number of rotatable bonds is 7. The molecule has 5 rings (SSSR count). The number of aromatic amines is 1. The van der Waals surface area contributed by atoms with Crippen molar-refractivity contribution in [3.63, 3.8) is 0 Å². The lowest BCUT2D eigenvalue weighted by Crippen LogP contribution is -2.49. The first-order valence-corrected chi connectivity index (χ1v) is 15.0. The summed E-state index contributed by atoms with van der Waals surface area (Å²) in [5.74, 6) is -0.946. The molecule has 236 valence electrons. The van der Waals surface area contributed by atoms with Crippen molar-refractivity contribution in [3.8, 4) is 17.3 Å². The van der Waals surface area contributed by atoms with E-state index in [1.54, 1.807) is 75.4 Å². The van der Waals surface area contributed by atoms with Gasteiger partial charge in [0.15, 0.2) is 0 Å². The molecule has 0 bridgehead atoms. The Morgan fingerprint density at radius 1 is 0.978 bits per heavy atom. The van der Waals surface area contributed by atoms with Gasteiger partial charge in [-0.2, -0.15) is 5.26 Å². The van der Waals surface area contributed by atoms with Crippen molar-refractivity contribution in [1.29, 1.82) is 5.26 Å². The van der Waals surface area contributed by atoms with Crippen molar-refractivity contribution in [2.45, 2.75) is 58.2 Å². The summed E-state index contributed by atoms with van der Waals surface area (Å²) in [7, 11) is 0. The molecule has 46 heavy (non-hydrogen) atoms. The Labute approximate surface area is 266 Å². The Morgan fingerprint density at radius 2 is 1.67 bits per heavy atom. The molecule has 0 unspecified atom stereocenters. The Hall–Kier alpha value is -5.63. The summed E-state index contributed by atoms with van der Waals surface area (Å²) in [4.78, 5) is 56.4. The summed E-state index contributed by atoms with van der Waals surface area (Å²) in [5.41, 5.74) is 3.45. The normalized spacial score (nSPS) is 15.1. The molecule has 1 aromatic heterocycles. The third kappa shape index (κ3) is 7.18. The van der Waals surface area contributed by atoms with Crippen LogP contribution >= 0.6 is 0 Å². The van der Waals surface area contributed by atoms with Crippen LogP contribution in [0.2, 0.25) is 0 Å². The molecular formula is C35H36N6O5. The van der Waals surface area contributed by atoms with Gasteiger partial charge in [0, 0.05) is 35.7 Å². The van der Waals surface area contributed by atoms with Crippen LogP contribution in [0.15, 0.2) is 72.8 Å². The van der Waals surface area contributed by atoms with Crippen LogP contribution in [0.5, 0.6) is 0 Å². The summed E-state index contributed by atoms with van der Waals surface area (Å²) < 4.78 is 5.42. The average Bonchev–Trinajstić information content (AvgIpc) is 3.64. The second-order valence-electron chi connectivity index (χ2n) is 12.2. The lowest BCUT2D eigenvalue weighted by atomic mass is 10.0. The number of nitrogens with zero attached hydrogens (tertiary/aromatic N) is 2. The molecule has 0 spiro atoms. The first-order valence-electron chi connectivity index (χ1n) is 15.0. The van der Waals surface area contributed by atoms with Crippen molar-refractivity contribution in [1.82, 2.24) is 15.2 Å². The van der Waals surface area contributed by atoms with E-state index in [4.69, 9.17) is 4.74 Å². The van der Waals surface area contributed by atoms with Gasteiger partial charge >= 0.3 is 6.09 Å². The fourth-order valence-corrected chi connectivity index (χ4v) is 5.58. The highest BCUT2D eigenvalue weighted by Crippen LogP contribution is 2.33. The first kappa shape index (κ1) is 31.8. The van der Waals surface area contributed by atoms with Crippen LogP contribution in [0.1, 0.15) is 57.7 Å². The van der Waals surface area contributed by atoms with E-state index in [0.717, 1.165) is 5.56 Å². The zero-order valence-corrected chi connectivity index (χ0v) is 26.1. The number of carbonyl (C=O) groups excluding carboxylic acids is 4. The Kier molecular flexibility index (Phi) is 9.09. The summed E-state index contributed by atoms with van der Waals surface area (Å²) in [6.45, 7) is 7.01. The number of nitrogens with one attached hydrogen (secondary N) is 4. The zero-order chi connectivity index (χ0) is 33.0. The number of nitriles is 1. The first-order chi connectivity index (χ1) is 21.9. The SMILES string of the molecule is CC(=O)Nc1ccc(-c2[nH]c3ccc(NC(=O)[C@@H]4CCCN4C(=O)[C@H](NC(=O)OC(C)(C)C)c4ccccc4)cc3c2C#N)cc1. The quantitative estimate of drug-likeness (QED) is 0.203. The van der Waals surface area contributed by atoms with Gasteiger partial charge in [-0.15, -0.1) is 0 Å². The number of fused-ring (bicyclic) bond motifs is 1. The highest BCUT2D eigenvalue weighted by atomic mass is 16.6. The van der Waals surface area contributed by atoms with Crippen molar-refractivity contribution < 1.29 is 23.9 Å². The van der Waals surface area contributed by atoms with Crippen LogP contribution in [0, 0.1) is 11.3 Å². The molecule has 4 aromatic rings. The minimum atomic E-state index is -1.04. The number of aromatic nitrogens is 1. The topological polar surface area (TPSA) is 156 Å². The maximum atomic E-state index is 13.9. The average molecular weight is 621 g/mol. The van der Waals surface area contributed by atoms with Crippen molar-refractivity contribution in [2.75, 3.05) is 17.2 Å². The van der Waals surface area contributed by atoms with E-state index in [1.807, 2.05) is 18.2 Å². The second kappa shape index (κ2) is 13.2. The van der Waals surface area contributed by atoms with Gasteiger partial charge < -0.3 is 30.6 Å². The van der Waals surface area contributed by atoms with Gasteiger partial charge in [0.05, 0.1) is 11.3 Å². The largest absolute Gasteiger partial charge is 0.444 e. The van der Waals surface area contributed by atoms with E-state index < -0.39 is 29.7 Å². The summed E-state index contributed by atoms with van der Waals surface area (Å²) in [6.07, 6.45) is 0.350. The minimum Gasteiger partial charge on any atom is -0.444 e. The number of hydrogen-bond donors (Lipinski definition) is 4. The third-order valence-electron chi connectivity index (χ3n) is 7.55. The van der Waals surface area contributed by atoms with Gasteiger partial charge in [-0.3, -0.25) is 14.4 Å². The Morgan fingerprint density at radius 3 is 2.33 bits per heavy atom. The van der Waals surface area contributed by atoms with Crippen molar-refractivity contribution in [3.05, 3.63) is 83.9 Å². The van der Waals surface area contributed by atoms with E-state index in [9.17, 15) is 24.4 Å². The molecule has 3 aromatic carbocycles. The van der Waals surface area contributed by atoms with E-state index in [-0.39, 0.29) is 11.8 Å². The predicted octanol–water partition coefficient (Wildman–Crippen LogP) is 5.86. The molecule has 2 atom stereocenters. The molecule has 2 heterocycles. The van der Waals surface area contributed by atoms with Crippen LogP contribution in [0.4, 0.5) is 16.2 Å². The van der Waals surface area contributed by atoms with Gasteiger partial charge in [0.1, 0.15) is 23.8 Å². The highest BCUT2D eigenvalue weighted by Gasteiger charge is 2.39. The smallest absolute Gasteiger partial charge is 0.408 e. The van der Waals surface area contributed by atoms with Gasteiger partial charge in [0.2, 0.25) is 11.8 Å². The maximum absolute atomic E-state index is 13.9. The molecule has 11 heteroatoms. The molecule has 1 fully saturated rings. The Balaban J connectivity index is 1.36. The number of H-pyrrole nitrogens is 1. The number of anilines is 2. The lowest BCUT2D eigenvalue weighted by molar-refractivity contribution is -0.138. The van der Waals surface area contributed by atoms with Crippen LogP contribution in [0.3, 0.4) is 0 Å². The molecule has 1 saturated heterocycles. The van der Waals surface area contributed by atoms with E-state index in [1.165, 1.54) is 11.8 Å². The molecule has 4 N–H and O–H groups in total. The van der Waals surface area contributed by atoms with Gasteiger partial charge in [-0.05, 0) is 75.1 Å². The van der Waals surface area contributed by atoms with Crippen LogP contribution in [-0.2, 0) is 19.1 Å². The fraction of sp³-hybridized carbons (Fsp3) is 0.286. The lowest BCUT2D eigenvalue weighted by Gasteiger charge is -2.29. The third-order valence-corrected chi connectivity index (χ3v) is 7.55. The van der Waals surface area contributed by atoms with Gasteiger partial charge in [-0.1, -0.05) is 42.5 Å². The van der Waals surface area contributed by atoms with E-state index in [2.05, 4.69) is 27.0 Å². The van der Waals surface area contributed by atoms with Crippen molar-refractivity contribution >= 4 is 46.1 Å². The molecule has 1 aliphatic heterocycles. The number of carbonyl (C=O) groups is 4. The number of ether oxygens (including phenoxy) is 1. The number of alkyl carbamates (subject to hydrolysis) is 1. The highest BCUT2D eigenvalue weighted by molar-refractivity contribution is 6.02. The van der Waals surface area contributed by atoms with Crippen LogP contribution in [-0.4, -0.2) is 51.9 Å². The predicted molar refractivity (Wildman–Crippen MR) is 175 cm³/mol. The van der Waals surface area contributed by atoms with Crippen LogP contribution in [0.25, 0.3) is 22.2 Å². The second-order valence-corrected chi connectivity index (χ2v) is 12.2. The number of likely N-dealkylation sites (tertiary alicyclic amines) is 1. The van der Waals surface area contributed by atoms with Gasteiger partial charge in [0.25, 0.3) is 5.91 Å².